The summed E-state index contributed by atoms with van der Waals surface area (Å²) in [5.41, 5.74) is 2.34. The second-order valence-electron chi connectivity index (χ2n) is 13.4. The summed E-state index contributed by atoms with van der Waals surface area (Å²) in [6, 6.07) is 4.15. The Labute approximate surface area is 277 Å². The summed E-state index contributed by atoms with van der Waals surface area (Å²) in [6.45, 7) is 7.29. The minimum Gasteiger partial charge on any atom is -0.380 e. The van der Waals surface area contributed by atoms with E-state index in [4.69, 9.17) is 0 Å². The SMILES string of the molecule is Cc1cncc(N2CCC(C)(C(=O)N3CCC(n4cc(CNc5cccc6c5C(=O)N(C5CCC(=O)NC5=O)C6=O)cn4)CC3)CC2)n1. The number of likely N-dealkylation sites (tertiary alicyclic amines) is 1. The van der Waals surface area contributed by atoms with Gasteiger partial charge in [-0.15, -0.1) is 0 Å². The highest BCUT2D eigenvalue weighted by atomic mass is 16.2. The van der Waals surface area contributed by atoms with Gasteiger partial charge in [0.05, 0.1) is 35.3 Å². The van der Waals surface area contributed by atoms with Crippen molar-refractivity contribution >= 4 is 41.0 Å². The van der Waals surface area contributed by atoms with E-state index in [1.165, 1.54) is 0 Å². The number of carbonyl (C=O) groups is 5. The van der Waals surface area contributed by atoms with Crippen LogP contribution in [0, 0.1) is 12.3 Å². The Balaban J connectivity index is 0.931. The van der Waals surface area contributed by atoms with Gasteiger partial charge in [0.2, 0.25) is 17.7 Å². The third kappa shape index (κ3) is 5.79. The van der Waals surface area contributed by atoms with Crippen LogP contribution in [0.2, 0.25) is 0 Å². The lowest BCUT2D eigenvalue weighted by Crippen LogP contribution is -2.54. The van der Waals surface area contributed by atoms with E-state index in [0.29, 0.717) is 25.3 Å². The number of nitrogens with zero attached hydrogens (tertiary/aromatic N) is 7. The molecule has 14 nitrogen and oxygen atoms in total. The summed E-state index contributed by atoms with van der Waals surface area (Å²) in [5, 5.41) is 10.1. The molecule has 2 N–H and O–H groups in total. The Bertz CT molecular complexity index is 1790. The number of aryl methyl sites for hydroxylation is 1. The number of anilines is 2. The summed E-state index contributed by atoms with van der Waals surface area (Å²) in [5.74, 6) is -1.05. The van der Waals surface area contributed by atoms with Gasteiger partial charge in [0, 0.05) is 68.2 Å². The number of piperidine rings is 3. The zero-order valence-electron chi connectivity index (χ0n) is 27.1. The summed E-state index contributed by atoms with van der Waals surface area (Å²) in [4.78, 5) is 78.3. The molecule has 2 aromatic heterocycles. The molecule has 14 heteroatoms. The molecular weight excluding hydrogens is 614 g/mol. The number of aromatic nitrogens is 4. The highest BCUT2D eigenvalue weighted by molar-refractivity contribution is 6.25. The van der Waals surface area contributed by atoms with E-state index < -0.39 is 35.1 Å². The fraction of sp³-hybridized carbons (Fsp3) is 0.471. The van der Waals surface area contributed by atoms with Gasteiger partial charge >= 0.3 is 0 Å². The van der Waals surface area contributed by atoms with Crippen LogP contribution in [0.15, 0.2) is 43.0 Å². The van der Waals surface area contributed by atoms with E-state index >= 15 is 0 Å². The van der Waals surface area contributed by atoms with E-state index in [1.54, 1.807) is 36.8 Å². The minimum atomic E-state index is -1.02. The van der Waals surface area contributed by atoms with Crippen LogP contribution in [-0.4, -0.2) is 91.3 Å². The number of benzene rings is 1. The maximum absolute atomic E-state index is 13.7. The molecule has 250 valence electrons. The van der Waals surface area contributed by atoms with E-state index in [1.807, 2.05) is 22.7 Å². The second kappa shape index (κ2) is 12.5. The molecule has 5 amide bonds. The van der Waals surface area contributed by atoms with Crippen molar-refractivity contribution < 1.29 is 24.0 Å². The second-order valence-corrected chi connectivity index (χ2v) is 13.4. The zero-order chi connectivity index (χ0) is 33.6. The maximum Gasteiger partial charge on any atom is 0.264 e. The van der Waals surface area contributed by atoms with E-state index in [9.17, 15) is 24.0 Å². The van der Waals surface area contributed by atoms with Crippen molar-refractivity contribution in [3.63, 3.8) is 0 Å². The van der Waals surface area contributed by atoms with Crippen LogP contribution in [-0.2, 0) is 20.9 Å². The molecule has 0 aliphatic carbocycles. The van der Waals surface area contributed by atoms with E-state index in [0.717, 1.165) is 60.7 Å². The molecule has 1 aromatic carbocycles. The summed E-state index contributed by atoms with van der Waals surface area (Å²) in [6.07, 6.45) is 10.6. The van der Waals surface area contributed by atoms with Gasteiger partial charge in [-0.1, -0.05) is 13.0 Å². The number of imide groups is 2. The monoisotopic (exact) mass is 653 g/mol. The van der Waals surface area contributed by atoms with Gasteiger partial charge in [0.15, 0.2) is 0 Å². The smallest absolute Gasteiger partial charge is 0.264 e. The molecule has 0 spiro atoms. The first-order chi connectivity index (χ1) is 23.1. The summed E-state index contributed by atoms with van der Waals surface area (Å²) >= 11 is 0. The van der Waals surface area contributed by atoms with E-state index in [2.05, 4.69) is 37.5 Å². The summed E-state index contributed by atoms with van der Waals surface area (Å²) < 4.78 is 1.96. The Morgan fingerprint density at radius 1 is 1.00 bits per heavy atom. The van der Waals surface area contributed by atoms with Gasteiger partial charge in [-0.25, -0.2) is 4.98 Å². The maximum atomic E-state index is 13.7. The molecule has 1 unspecified atom stereocenters. The average Bonchev–Trinajstić information content (AvgIpc) is 3.66. The number of amides is 5. The van der Waals surface area contributed by atoms with Crippen molar-refractivity contribution in [3.8, 4) is 0 Å². The third-order valence-electron chi connectivity index (χ3n) is 10.2. The van der Waals surface area contributed by atoms with Crippen molar-refractivity contribution in [2.45, 2.75) is 71.0 Å². The lowest BCUT2D eigenvalue weighted by Gasteiger charge is -2.43. The molecule has 1 atom stereocenters. The molecule has 3 aromatic rings. The highest BCUT2D eigenvalue weighted by Crippen LogP contribution is 2.36. The Kier molecular flexibility index (Phi) is 8.17. The van der Waals surface area contributed by atoms with Crippen molar-refractivity contribution in [1.29, 1.82) is 0 Å². The van der Waals surface area contributed by atoms with Crippen LogP contribution in [0.25, 0.3) is 0 Å². The first kappa shape index (κ1) is 31.5. The Morgan fingerprint density at radius 3 is 2.50 bits per heavy atom. The highest BCUT2D eigenvalue weighted by Gasteiger charge is 2.46. The zero-order valence-corrected chi connectivity index (χ0v) is 27.1. The predicted molar refractivity (Wildman–Crippen MR) is 174 cm³/mol. The Hall–Kier alpha value is -5.14. The quantitative estimate of drug-likeness (QED) is 0.362. The lowest BCUT2D eigenvalue weighted by atomic mass is 9.78. The number of nitrogens with one attached hydrogen (secondary N) is 2. The van der Waals surface area contributed by atoms with Crippen LogP contribution < -0.4 is 15.5 Å². The van der Waals surface area contributed by atoms with Gasteiger partial charge in [-0.2, -0.15) is 5.10 Å². The van der Waals surface area contributed by atoms with Crippen LogP contribution in [0.4, 0.5) is 11.5 Å². The molecule has 4 aliphatic rings. The molecular formula is C34H39N9O5. The largest absolute Gasteiger partial charge is 0.380 e. The number of hydrogen-bond donors (Lipinski definition) is 2. The first-order valence-electron chi connectivity index (χ1n) is 16.6. The van der Waals surface area contributed by atoms with Crippen molar-refractivity contribution in [2.75, 3.05) is 36.4 Å². The molecule has 3 fully saturated rings. The van der Waals surface area contributed by atoms with Gasteiger partial charge < -0.3 is 15.1 Å². The normalized spacial score (nSPS) is 21.4. The predicted octanol–water partition coefficient (Wildman–Crippen LogP) is 2.47. The molecule has 0 saturated carbocycles. The van der Waals surface area contributed by atoms with Crippen LogP contribution in [0.3, 0.4) is 0 Å². The van der Waals surface area contributed by atoms with Gasteiger partial charge in [0.1, 0.15) is 11.9 Å². The Morgan fingerprint density at radius 2 is 1.77 bits per heavy atom. The first-order valence-corrected chi connectivity index (χ1v) is 16.6. The van der Waals surface area contributed by atoms with Crippen LogP contribution in [0.1, 0.15) is 83.5 Å². The van der Waals surface area contributed by atoms with Gasteiger partial charge in [-0.3, -0.25) is 43.9 Å². The molecule has 0 radical (unpaired) electrons. The van der Waals surface area contributed by atoms with E-state index in [-0.39, 0.29) is 35.9 Å². The third-order valence-corrected chi connectivity index (χ3v) is 10.2. The van der Waals surface area contributed by atoms with Crippen LogP contribution in [0.5, 0.6) is 0 Å². The fourth-order valence-corrected chi connectivity index (χ4v) is 7.29. The number of rotatable bonds is 7. The molecule has 7 rings (SSSR count). The molecule has 4 aliphatic heterocycles. The number of carbonyl (C=O) groups excluding carboxylic acids is 5. The summed E-state index contributed by atoms with van der Waals surface area (Å²) in [7, 11) is 0. The topological polar surface area (TPSA) is 163 Å². The molecule has 48 heavy (non-hydrogen) atoms. The lowest BCUT2D eigenvalue weighted by molar-refractivity contribution is -0.144. The number of fused-ring (bicyclic) bond motifs is 1. The van der Waals surface area contributed by atoms with Crippen molar-refractivity contribution in [1.82, 2.24) is 34.9 Å². The van der Waals surface area contributed by atoms with Crippen LogP contribution >= 0.6 is 0 Å². The molecule has 3 saturated heterocycles. The number of hydrogen-bond acceptors (Lipinski definition) is 10. The average molecular weight is 654 g/mol. The van der Waals surface area contributed by atoms with Crippen molar-refractivity contribution in [3.05, 3.63) is 65.4 Å². The van der Waals surface area contributed by atoms with Gasteiger partial charge in [-0.05, 0) is 51.2 Å². The molecule has 6 heterocycles. The minimum absolute atomic E-state index is 0.0673. The van der Waals surface area contributed by atoms with Gasteiger partial charge in [0.25, 0.3) is 11.8 Å². The molecule has 0 bridgehead atoms. The van der Waals surface area contributed by atoms with Crippen molar-refractivity contribution in [2.24, 2.45) is 5.41 Å². The standard InChI is InChI=1S/C34H39N9O5/c1-21-16-35-19-27(38-21)40-14-10-34(2,11-15-40)33(48)41-12-8-23(9-13-41)42-20-22(18-37-42)17-36-25-5-3-4-24-29(25)32(47)43(31(24)46)26-6-7-28(44)39-30(26)45/h3-5,16,18-20,23,26,36H,6-15,17H2,1-2H3,(H,39,44,45). The fourth-order valence-electron chi connectivity index (χ4n) is 7.29.